The van der Waals surface area contributed by atoms with Crippen LogP contribution in [0.15, 0.2) is 22.7 Å². The van der Waals surface area contributed by atoms with Crippen molar-refractivity contribution in [3.8, 4) is 0 Å². The van der Waals surface area contributed by atoms with Crippen molar-refractivity contribution in [3.63, 3.8) is 0 Å². The molecule has 4 nitrogen and oxygen atoms in total. The van der Waals surface area contributed by atoms with E-state index >= 15 is 0 Å². The van der Waals surface area contributed by atoms with Crippen LogP contribution in [0, 0.1) is 0 Å². The fourth-order valence-corrected chi connectivity index (χ4v) is 2.84. The van der Waals surface area contributed by atoms with Gasteiger partial charge in [0.05, 0.1) is 11.3 Å². The fraction of sp³-hybridized carbons (Fsp3) is 0.364. The molecule has 2 N–H and O–H groups in total. The molecule has 0 aromatic heterocycles. The van der Waals surface area contributed by atoms with Gasteiger partial charge in [0, 0.05) is 33.3 Å². The summed E-state index contributed by atoms with van der Waals surface area (Å²) in [7, 11) is -0.914. The molecule has 0 heterocycles. The average molecular weight is 320 g/mol. The third-order valence-corrected chi connectivity index (χ3v) is 3.74. The molecular formula is C11H14BrNO3S. The van der Waals surface area contributed by atoms with Crippen LogP contribution in [0.1, 0.15) is 17.3 Å². The first-order chi connectivity index (χ1) is 7.91. The monoisotopic (exact) mass is 319 g/mol. The van der Waals surface area contributed by atoms with Gasteiger partial charge >= 0.3 is 5.97 Å². The lowest BCUT2D eigenvalue weighted by molar-refractivity contribution is 0.0697. The number of hydrogen-bond acceptors (Lipinski definition) is 3. The number of carboxylic acids is 1. The van der Waals surface area contributed by atoms with E-state index in [0.717, 1.165) is 0 Å². The molecule has 2 unspecified atom stereocenters. The second-order valence-electron chi connectivity index (χ2n) is 3.75. The minimum absolute atomic E-state index is 0.0479. The molecule has 0 aliphatic rings. The van der Waals surface area contributed by atoms with Gasteiger partial charge in [-0.25, -0.2) is 4.79 Å². The number of aromatic carboxylic acids is 1. The zero-order chi connectivity index (χ0) is 13.0. The van der Waals surface area contributed by atoms with E-state index in [1.165, 1.54) is 0 Å². The van der Waals surface area contributed by atoms with Crippen molar-refractivity contribution >= 4 is 38.4 Å². The van der Waals surface area contributed by atoms with Crippen molar-refractivity contribution in [3.05, 3.63) is 28.2 Å². The maximum Gasteiger partial charge on any atom is 0.338 e. The Balaban J connectivity index is 2.94. The van der Waals surface area contributed by atoms with Crippen LogP contribution in [0.3, 0.4) is 0 Å². The lowest BCUT2D eigenvalue weighted by Gasteiger charge is -2.16. The summed E-state index contributed by atoms with van der Waals surface area (Å²) in [6, 6.07) is 5.09. The number of halogens is 1. The van der Waals surface area contributed by atoms with Crippen LogP contribution in [0.5, 0.6) is 0 Å². The maximum absolute atomic E-state index is 11.1. The summed E-state index contributed by atoms with van der Waals surface area (Å²) in [6.07, 6.45) is 1.62. The van der Waals surface area contributed by atoms with Crippen LogP contribution < -0.4 is 5.32 Å². The molecule has 0 fully saturated rings. The Morgan fingerprint density at radius 2 is 2.24 bits per heavy atom. The first-order valence-corrected chi connectivity index (χ1v) is 7.52. The lowest BCUT2D eigenvalue weighted by Crippen LogP contribution is -2.23. The molecule has 0 saturated heterocycles. The zero-order valence-electron chi connectivity index (χ0n) is 9.57. The van der Waals surface area contributed by atoms with Crippen LogP contribution >= 0.6 is 15.9 Å². The molecule has 0 saturated carbocycles. The zero-order valence-corrected chi connectivity index (χ0v) is 12.0. The van der Waals surface area contributed by atoms with E-state index < -0.39 is 16.8 Å². The van der Waals surface area contributed by atoms with E-state index in [1.54, 1.807) is 24.5 Å². The highest BCUT2D eigenvalue weighted by atomic mass is 79.9. The molecule has 1 aromatic carbocycles. The van der Waals surface area contributed by atoms with Crippen molar-refractivity contribution in [1.82, 2.24) is 0 Å². The molecule has 1 rings (SSSR count). The van der Waals surface area contributed by atoms with Crippen LogP contribution in [-0.2, 0) is 10.8 Å². The Labute approximate surface area is 111 Å². The van der Waals surface area contributed by atoms with Gasteiger partial charge in [-0.1, -0.05) is 6.07 Å². The third kappa shape index (κ3) is 4.12. The molecule has 0 amide bonds. The molecule has 0 aliphatic heterocycles. The number of nitrogens with one attached hydrogen (secondary N) is 1. The summed E-state index contributed by atoms with van der Waals surface area (Å²) in [6.45, 7) is 1.87. The second kappa shape index (κ2) is 6.16. The average Bonchev–Trinajstić information content (AvgIpc) is 2.15. The largest absolute Gasteiger partial charge is 0.478 e. The van der Waals surface area contributed by atoms with Gasteiger partial charge in [-0.3, -0.25) is 4.21 Å². The predicted molar refractivity (Wildman–Crippen MR) is 73.1 cm³/mol. The lowest BCUT2D eigenvalue weighted by atomic mass is 10.1. The van der Waals surface area contributed by atoms with Crippen LogP contribution in [0.2, 0.25) is 0 Å². The molecule has 0 radical (unpaired) electrons. The van der Waals surface area contributed by atoms with E-state index in [9.17, 15) is 9.00 Å². The van der Waals surface area contributed by atoms with Gasteiger partial charge in [0.2, 0.25) is 0 Å². The van der Waals surface area contributed by atoms with Gasteiger partial charge in [0.1, 0.15) is 0 Å². The first kappa shape index (κ1) is 14.2. The minimum atomic E-state index is -0.996. The fourth-order valence-electron chi connectivity index (χ4n) is 1.52. The highest BCUT2D eigenvalue weighted by molar-refractivity contribution is 9.10. The van der Waals surface area contributed by atoms with Crippen molar-refractivity contribution < 1.29 is 14.1 Å². The standard InChI is InChI=1S/C11H14BrNO3S/c1-7(6-17(2)16)13-9-5-3-4-8(12)10(9)11(14)15/h3-5,7,13H,6H2,1-2H3,(H,14,15). The quantitative estimate of drug-likeness (QED) is 0.874. The van der Waals surface area contributed by atoms with Crippen molar-refractivity contribution in [2.45, 2.75) is 13.0 Å². The number of anilines is 1. The second-order valence-corrected chi connectivity index (χ2v) is 6.09. The van der Waals surface area contributed by atoms with Crippen LogP contribution in [0.4, 0.5) is 5.69 Å². The van der Waals surface area contributed by atoms with Crippen LogP contribution in [-0.4, -0.2) is 33.3 Å². The molecule has 6 heteroatoms. The van der Waals surface area contributed by atoms with Gasteiger partial charge in [-0.15, -0.1) is 0 Å². The third-order valence-electron chi connectivity index (χ3n) is 2.11. The Kier molecular flexibility index (Phi) is 5.14. The Morgan fingerprint density at radius 1 is 1.59 bits per heavy atom. The molecule has 1 aromatic rings. The number of carboxylic acid groups (broad SMARTS) is 1. The molecule has 0 spiro atoms. The highest BCUT2D eigenvalue weighted by Gasteiger charge is 2.15. The van der Waals surface area contributed by atoms with Gasteiger partial charge in [-0.05, 0) is 35.0 Å². The van der Waals surface area contributed by atoms with Crippen LogP contribution in [0.25, 0.3) is 0 Å². The van der Waals surface area contributed by atoms with Gasteiger partial charge in [0.15, 0.2) is 0 Å². The number of benzene rings is 1. The topological polar surface area (TPSA) is 66.4 Å². The highest BCUT2D eigenvalue weighted by Crippen LogP contribution is 2.25. The van der Waals surface area contributed by atoms with Crippen molar-refractivity contribution in [1.29, 1.82) is 0 Å². The van der Waals surface area contributed by atoms with E-state index in [-0.39, 0.29) is 11.6 Å². The van der Waals surface area contributed by atoms with Crippen molar-refractivity contribution in [2.24, 2.45) is 0 Å². The molecule has 0 aliphatic carbocycles. The summed E-state index contributed by atoms with van der Waals surface area (Å²) >= 11 is 3.21. The predicted octanol–water partition coefficient (Wildman–Crippen LogP) is 2.33. The maximum atomic E-state index is 11.1. The van der Waals surface area contributed by atoms with E-state index in [4.69, 9.17) is 5.11 Å². The van der Waals surface area contributed by atoms with E-state index in [1.807, 2.05) is 6.92 Å². The summed E-state index contributed by atoms with van der Waals surface area (Å²) in [5.41, 5.74) is 0.728. The smallest absolute Gasteiger partial charge is 0.338 e. The number of hydrogen-bond donors (Lipinski definition) is 2. The molecule has 0 bridgehead atoms. The van der Waals surface area contributed by atoms with Gasteiger partial charge in [0.25, 0.3) is 0 Å². The first-order valence-electron chi connectivity index (χ1n) is 5.00. The Morgan fingerprint density at radius 3 is 2.76 bits per heavy atom. The molecular weight excluding hydrogens is 306 g/mol. The van der Waals surface area contributed by atoms with E-state index in [2.05, 4.69) is 21.2 Å². The van der Waals surface area contributed by atoms with E-state index in [0.29, 0.717) is 15.9 Å². The summed E-state index contributed by atoms with van der Waals surface area (Å²) in [5, 5.41) is 12.2. The minimum Gasteiger partial charge on any atom is -0.478 e. The van der Waals surface area contributed by atoms with Crippen molar-refractivity contribution in [2.75, 3.05) is 17.3 Å². The van der Waals surface area contributed by atoms with Gasteiger partial charge < -0.3 is 10.4 Å². The normalized spacial score (nSPS) is 14.1. The number of carbonyl (C=O) groups is 1. The Hall–Kier alpha value is -0.880. The summed E-state index contributed by atoms with van der Waals surface area (Å²) in [5.74, 6) is -0.518. The van der Waals surface area contributed by atoms with Gasteiger partial charge in [-0.2, -0.15) is 0 Å². The molecule has 17 heavy (non-hydrogen) atoms. The molecule has 2 atom stereocenters. The summed E-state index contributed by atoms with van der Waals surface area (Å²) < 4.78 is 11.6. The SMILES string of the molecule is CC(CS(C)=O)Nc1cccc(Br)c1C(=O)O. The summed E-state index contributed by atoms with van der Waals surface area (Å²) in [4.78, 5) is 11.1. The Bertz CT molecular complexity index is 450. The number of rotatable bonds is 5. The molecule has 94 valence electrons.